The van der Waals surface area contributed by atoms with Crippen molar-refractivity contribution in [2.45, 2.75) is 0 Å². The van der Waals surface area contributed by atoms with E-state index < -0.39 is 0 Å². The lowest BCUT2D eigenvalue weighted by Crippen LogP contribution is -1.58. The molecule has 0 saturated carbocycles. The van der Waals surface area contributed by atoms with Gasteiger partial charge < -0.3 is 4.98 Å². The molecule has 0 aromatic carbocycles. The van der Waals surface area contributed by atoms with Crippen LogP contribution >= 0.6 is 13.5 Å². The van der Waals surface area contributed by atoms with Gasteiger partial charge >= 0.3 is 0 Å². The summed E-state index contributed by atoms with van der Waals surface area (Å²) in [6.07, 6.45) is 12.1. The Morgan fingerprint density at radius 3 is 1.17 bits per heavy atom. The van der Waals surface area contributed by atoms with Crippen molar-refractivity contribution in [3.05, 3.63) is 79.9 Å². The predicted molar refractivity (Wildman–Crippen MR) is 77.4 cm³/mol. The number of hydrogen-bond acceptors (Lipinski definition) is 3. The van der Waals surface area contributed by atoms with Crippen molar-refractivity contribution >= 4 is 13.5 Å². The fraction of sp³-hybridized carbons (Fsp3) is 0. The molecule has 0 amide bonds. The third-order valence-electron chi connectivity index (χ3n) is 1.54. The molecule has 5 heteroatoms. The molecule has 0 spiro atoms. The second-order valence-corrected chi connectivity index (χ2v) is 2.81. The summed E-state index contributed by atoms with van der Waals surface area (Å²) < 4.78 is 0. The van der Waals surface area contributed by atoms with Gasteiger partial charge in [0.2, 0.25) is 0 Å². The first-order chi connectivity index (χ1) is 8.50. The van der Waals surface area contributed by atoms with Crippen LogP contribution in [0.2, 0.25) is 0 Å². The second-order valence-electron chi connectivity index (χ2n) is 2.81. The van der Waals surface area contributed by atoms with Crippen molar-refractivity contribution in [3.63, 3.8) is 0 Å². The lowest BCUT2D eigenvalue weighted by Gasteiger charge is -1.70. The molecule has 0 atom stereocenters. The van der Waals surface area contributed by atoms with E-state index in [1.54, 1.807) is 43.5 Å². The third-order valence-corrected chi connectivity index (χ3v) is 1.54. The van der Waals surface area contributed by atoms with E-state index in [9.17, 15) is 0 Å². The summed E-state index contributed by atoms with van der Waals surface area (Å²) in [6.45, 7) is 0. The molecule has 0 unspecified atom stereocenters. The van der Waals surface area contributed by atoms with Gasteiger partial charge in [-0.2, -0.15) is 13.5 Å². The summed E-state index contributed by atoms with van der Waals surface area (Å²) in [5, 5.41) is 0. The van der Waals surface area contributed by atoms with Gasteiger partial charge in [0, 0.05) is 37.2 Å². The van der Waals surface area contributed by atoms with Gasteiger partial charge in [0.1, 0.15) is 0 Å². The fourth-order valence-electron chi connectivity index (χ4n) is 0.840. The minimum absolute atomic E-state index is 0. The Hall–Kier alpha value is -2.14. The summed E-state index contributed by atoms with van der Waals surface area (Å²) >= 11 is 0. The molecule has 3 rings (SSSR count). The van der Waals surface area contributed by atoms with Crippen LogP contribution < -0.4 is 0 Å². The Balaban J connectivity index is 0.000000235. The normalized spacial score (nSPS) is 7.56. The monoisotopic (exact) mass is 260 g/mol. The van der Waals surface area contributed by atoms with Crippen LogP contribution in [0.1, 0.15) is 0 Å². The van der Waals surface area contributed by atoms with Crippen LogP contribution in [0.25, 0.3) is 0 Å². The van der Waals surface area contributed by atoms with Crippen LogP contribution in [0.4, 0.5) is 0 Å². The molecule has 0 bridgehead atoms. The zero-order chi connectivity index (χ0) is 12.0. The van der Waals surface area contributed by atoms with Crippen LogP contribution in [0.5, 0.6) is 0 Å². The predicted octanol–water partition coefficient (Wildman–Crippen LogP) is 2.69. The maximum Gasteiger partial charge on any atom is 0.0919 e. The molecule has 0 aliphatic heterocycles. The zero-order valence-electron chi connectivity index (χ0n) is 9.85. The van der Waals surface area contributed by atoms with E-state index in [1.165, 1.54) is 0 Å². The molecule has 0 fully saturated rings. The maximum atomic E-state index is 3.78. The van der Waals surface area contributed by atoms with Crippen LogP contribution in [-0.4, -0.2) is 19.9 Å². The smallest absolute Gasteiger partial charge is 0.0919 e. The molecule has 0 aliphatic carbocycles. The van der Waals surface area contributed by atoms with E-state index >= 15 is 0 Å². The van der Waals surface area contributed by atoms with Crippen molar-refractivity contribution in [2.24, 2.45) is 0 Å². The van der Waals surface area contributed by atoms with E-state index in [-0.39, 0.29) is 13.5 Å². The average molecular weight is 260 g/mol. The highest BCUT2D eigenvalue weighted by Gasteiger charge is 1.59. The highest BCUT2D eigenvalue weighted by Crippen LogP contribution is 1.74. The van der Waals surface area contributed by atoms with Crippen LogP contribution in [0.15, 0.2) is 79.9 Å². The Morgan fingerprint density at radius 1 is 0.556 bits per heavy atom. The van der Waals surface area contributed by atoms with E-state index in [0.29, 0.717) is 0 Å². The van der Waals surface area contributed by atoms with Gasteiger partial charge in [-0.15, -0.1) is 0 Å². The summed E-state index contributed by atoms with van der Waals surface area (Å²) in [4.78, 5) is 14.0. The van der Waals surface area contributed by atoms with Gasteiger partial charge in [-0.05, 0) is 24.3 Å². The number of hydrogen-bond donors (Lipinski definition) is 1. The van der Waals surface area contributed by atoms with Gasteiger partial charge in [0.15, 0.2) is 0 Å². The molecule has 0 aliphatic rings. The number of nitrogens with one attached hydrogen (secondary N) is 1. The Morgan fingerprint density at radius 2 is 1.06 bits per heavy atom. The Kier molecular flexibility index (Phi) is 11.4. The minimum atomic E-state index is 0. The Labute approximate surface area is 114 Å². The largest absolute Gasteiger partial charge is 0.351 e. The fourth-order valence-corrected chi connectivity index (χ4v) is 0.840. The molecule has 0 radical (unpaired) electrons. The molecule has 4 nitrogen and oxygen atoms in total. The zero-order valence-corrected chi connectivity index (χ0v) is 10.8. The second kappa shape index (κ2) is 12.9. The number of nitrogens with zero attached hydrogens (tertiary/aromatic N) is 3. The highest BCUT2D eigenvalue weighted by molar-refractivity contribution is 7.59. The van der Waals surface area contributed by atoms with Crippen molar-refractivity contribution in [1.82, 2.24) is 19.9 Å². The standard InChI is InChI=1S/2C5H5N.C3H4N2.H2S/c2*1-2-4-6-5-3-1;1-2-5-3-4-1;/h2*1-5H;1-3H,(H,4,5);1H2. The summed E-state index contributed by atoms with van der Waals surface area (Å²) in [5.74, 6) is 0. The average Bonchev–Trinajstić information content (AvgIpc) is 3.03. The highest BCUT2D eigenvalue weighted by atomic mass is 32.1. The van der Waals surface area contributed by atoms with Crippen molar-refractivity contribution in [1.29, 1.82) is 0 Å². The van der Waals surface area contributed by atoms with Gasteiger partial charge in [-0.1, -0.05) is 12.1 Å². The number of rotatable bonds is 0. The molecule has 1 N–H and O–H groups in total. The van der Waals surface area contributed by atoms with Crippen molar-refractivity contribution < 1.29 is 0 Å². The quantitative estimate of drug-likeness (QED) is 0.676. The number of aromatic nitrogens is 4. The molecule has 3 aromatic heterocycles. The SMILES string of the molecule is S.c1c[nH]cn1.c1ccncc1.c1ccncc1. The molecular formula is C13H16N4S. The summed E-state index contributed by atoms with van der Waals surface area (Å²) in [7, 11) is 0. The minimum Gasteiger partial charge on any atom is -0.351 e. The van der Waals surface area contributed by atoms with E-state index in [1.807, 2.05) is 36.4 Å². The molecule has 3 aromatic rings. The Bertz CT molecular complexity index is 329. The molecule has 3 heterocycles. The first-order valence-corrected chi connectivity index (χ1v) is 5.13. The van der Waals surface area contributed by atoms with Gasteiger partial charge in [-0.3, -0.25) is 9.97 Å². The maximum absolute atomic E-state index is 3.78. The third kappa shape index (κ3) is 10.4. The van der Waals surface area contributed by atoms with E-state index in [0.717, 1.165) is 0 Å². The van der Waals surface area contributed by atoms with Gasteiger partial charge in [0.25, 0.3) is 0 Å². The van der Waals surface area contributed by atoms with Gasteiger partial charge in [-0.25, -0.2) is 4.98 Å². The molecule has 18 heavy (non-hydrogen) atoms. The topological polar surface area (TPSA) is 54.5 Å². The van der Waals surface area contributed by atoms with Crippen LogP contribution in [0, 0.1) is 0 Å². The number of aromatic amines is 1. The lowest BCUT2D eigenvalue weighted by atomic mass is 10.5. The first-order valence-electron chi connectivity index (χ1n) is 5.13. The summed E-state index contributed by atoms with van der Waals surface area (Å²) in [5.41, 5.74) is 0. The molecule has 0 saturated heterocycles. The van der Waals surface area contributed by atoms with Gasteiger partial charge in [0.05, 0.1) is 6.33 Å². The van der Waals surface area contributed by atoms with Crippen LogP contribution in [0.3, 0.4) is 0 Å². The van der Waals surface area contributed by atoms with Crippen LogP contribution in [-0.2, 0) is 0 Å². The first kappa shape index (κ1) is 15.9. The van der Waals surface area contributed by atoms with E-state index in [2.05, 4.69) is 19.9 Å². The summed E-state index contributed by atoms with van der Waals surface area (Å²) in [6, 6.07) is 11.4. The number of H-pyrrole nitrogens is 1. The number of pyridine rings is 2. The van der Waals surface area contributed by atoms with Crippen molar-refractivity contribution in [3.8, 4) is 0 Å². The van der Waals surface area contributed by atoms with Crippen molar-refractivity contribution in [2.75, 3.05) is 0 Å². The molecule has 94 valence electrons. The lowest BCUT2D eigenvalue weighted by molar-refractivity contribution is 1.31. The number of imidazole rings is 1. The van der Waals surface area contributed by atoms with E-state index in [4.69, 9.17) is 0 Å². The molecular weight excluding hydrogens is 244 g/mol.